The summed E-state index contributed by atoms with van der Waals surface area (Å²) in [7, 11) is 0. The number of hydrogen-bond donors (Lipinski definition) is 2. The molecule has 22 heavy (non-hydrogen) atoms. The second-order valence-corrected chi connectivity index (χ2v) is 6.03. The number of carbonyl (C=O) groups is 1. The SMILES string of the molecule is CCN(CC)C(C(=O)NC1CCCNC1C)c1ccccc1. The van der Waals surface area contributed by atoms with Gasteiger partial charge in [-0.05, 0) is 45.0 Å². The molecule has 3 atom stereocenters. The molecule has 4 nitrogen and oxygen atoms in total. The number of amides is 1. The molecule has 1 aliphatic rings. The Bertz CT molecular complexity index is 459. The number of hydrogen-bond acceptors (Lipinski definition) is 3. The number of piperidine rings is 1. The maximum Gasteiger partial charge on any atom is 0.242 e. The molecule has 1 aromatic carbocycles. The van der Waals surface area contributed by atoms with Crippen molar-refractivity contribution in [3.63, 3.8) is 0 Å². The summed E-state index contributed by atoms with van der Waals surface area (Å²) in [4.78, 5) is 15.2. The van der Waals surface area contributed by atoms with Crippen LogP contribution in [0.25, 0.3) is 0 Å². The van der Waals surface area contributed by atoms with E-state index in [1.807, 2.05) is 30.3 Å². The van der Waals surface area contributed by atoms with Gasteiger partial charge in [0, 0.05) is 12.1 Å². The van der Waals surface area contributed by atoms with Crippen LogP contribution < -0.4 is 10.6 Å². The van der Waals surface area contributed by atoms with E-state index in [9.17, 15) is 4.79 Å². The summed E-state index contributed by atoms with van der Waals surface area (Å²) < 4.78 is 0. The lowest BCUT2D eigenvalue weighted by molar-refractivity contribution is -0.127. The average molecular weight is 303 g/mol. The number of carbonyl (C=O) groups excluding carboxylic acids is 1. The minimum Gasteiger partial charge on any atom is -0.350 e. The van der Waals surface area contributed by atoms with Gasteiger partial charge in [-0.3, -0.25) is 9.69 Å². The van der Waals surface area contributed by atoms with E-state index >= 15 is 0 Å². The topological polar surface area (TPSA) is 44.4 Å². The highest BCUT2D eigenvalue weighted by Gasteiger charge is 2.29. The normalized spacial score (nSPS) is 23.3. The summed E-state index contributed by atoms with van der Waals surface area (Å²) in [6, 6.07) is 10.5. The van der Waals surface area contributed by atoms with Gasteiger partial charge in [0.2, 0.25) is 5.91 Å². The van der Waals surface area contributed by atoms with Gasteiger partial charge in [0.15, 0.2) is 0 Å². The molecule has 3 unspecified atom stereocenters. The number of benzene rings is 1. The van der Waals surface area contributed by atoms with Gasteiger partial charge in [0.25, 0.3) is 0 Å². The largest absolute Gasteiger partial charge is 0.350 e. The highest BCUT2D eigenvalue weighted by Crippen LogP contribution is 2.21. The zero-order valence-electron chi connectivity index (χ0n) is 14.0. The molecule has 0 aromatic heterocycles. The second kappa shape index (κ2) is 8.30. The predicted molar refractivity (Wildman–Crippen MR) is 90.7 cm³/mol. The lowest BCUT2D eigenvalue weighted by atomic mass is 9.98. The van der Waals surface area contributed by atoms with E-state index in [4.69, 9.17) is 0 Å². The van der Waals surface area contributed by atoms with E-state index < -0.39 is 0 Å². The fourth-order valence-electron chi connectivity index (χ4n) is 3.25. The van der Waals surface area contributed by atoms with Crippen molar-refractivity contribution in [2.75, 3.05) is 19.6 Å². The Balaban J connectivity index is 2.15. The molecular weight excluding hydrogens is 274 g/mol. The van der Waals surface area contributed by atoms with Crippen molar-refractivity contribution in [1.29, 1.82) is 0 Å². The molecule has 0 spiro atoms. The highest BCUT2D eigenvalue weighted by atomic mass is 16.2. The van der Waals surface area contributed by atoms with Gasteiger partial charge in [-0.25, -0.2) is 0 Å². The summed E-state index contributed by atoms with van der Waals surface area (Å²) in [5, 5.41) is 6.72. The third kappa shape index (κ3) is 4.08. The van der Waals surface area contributed by atoms with E-state index in [1.165, 1.54) is 0 Å². The first-order chi connectivity index (χ1) is 10.7. The van der Waals surface area contributed by atoms with E-state index in [2.05, 4.69) is 36.3 Å². The number of nitrogens with one attached hydrogen (secondary N) is 2. The standard InChI is InChI=1S/C18H29N3O/c1-4-21(5-2)17(15-10-7-6-8-11-15)18(22)20-16-12-9-13-19-14(16)3/h6-8,10-11,14,16-17,19H,4-5,9,12-13H2,1-3H3,(H,20,22). The molecule has 1 fully saturated rings. The van der Waals surface area contributed by atoms with Gasteiger partial charge < -0.3 is 10.6 Å². The van der Waals surface area contributed by atoms with E-state index in [0.717, 1.165) is 38.0 Å². The molecule has 2 rings (SSSR count). The van der Waals surface area contributed by atoms with Crippen LogP contribution in [0.5, 0.6) is 0 Å². The predicted octanol–water partition coefficient (Wildman–Crippen LogP) is 2.33. The Morgan fingerprint density at radius 2 is 2.00 bits per heavy atom. The van der Waals surface area contributed by atoms with Gasteiger partial charge >= 0.3 is 0 Å². The van der Waals surface area contributed by atoms with E-state index in [0.29, 0.717) is 6.04 Å². The fourth-order valence-corrected chi connectivity index (χ4v) is 3.25. The van der Waals surface area contributed by atoms with Crippen LogP contribution in [0.1, 0.15) is 45.2 Å². The molecule has 1 aliphatic heterocycles. The summed E-state index contributed by atoms with van der Waals surface area (Å²) >= 11 is 0. The van der Waals surface area contributed by atoms with Crippen molar-refractivity contribution in [2.24, 2.45) is 0 Å². The van der Waals surface area contributed by atoms with Crippen molar-refractivity contribution in [3.8, 4) is 0 Å². The van der Waals surface area contributed by atoms with Crippen molar-refractivity contribution < 1.29 is 4.79 Å². The molecule has 1 amide bonds. The molecule has 1 aromatic rings. The minimum atomic E-state index is -0.203. The molecule has 2 N–H and O–H groups in total. The van der Waals surface area contributed by atoms with Gasteiger partial charge in [-0.1, -0.05) is 44.2 Å². The zero-order valence-corrected chi connectivity index (χ0v) is 14.0. The molecular formula is C18H29N3O. The summed E-state index contributed by atoms with van der Waals surface area (Å²) in [6.45, 7) is 9.14. The molecule has 0 aliphatic carbocycles. The quantitative estimate of drug-likeness (QED) is 0.848. The van der Waals surface area contributed by atoms with Gasteiger partial charge in [-0.15, -0.1) is 0 Å². The third-order valence-corrected chi connectivity index (χ3v) is 4.63. The van der Waals surface area contributed by atoms with Crippen LogP contribution in [0.3, 0.4) is 0 Å². The first-order valence-electron chi connectivity index (χ1n) is 8.50. The monoisotopic (exact) mass is 303 g/mol. The Kier molecular flexibility index (Phi) is 6.40. The zero-order chi connectivity index (χ0) is 15.9. The maximum absolute atomic E-state index is 12.9. The van der Waals surface area contributed by atoms with Crippen molar-refractivity contribution in [1.82, 2.24) is 15.5 Å². The summed E-state index contributed by atoms with van der Waals surface area (Å²) in [5.74, 6) is 0.121. The van der Waals surface area contributed by atoms with Crippen LogP contribution in [0.4, 0.5) is 0 Å². The molecule has 1 heterocycles. The first kappa shape index (κ1) is 17.0. The highest BCUT2D eigenvalue weighted by molar-refractivity contribution is 5.83. The summed E-state index contributed by atoms with van der Waals surface area (Å²) in [6.07, 6.45) is 2.18. The fraction of sp³-hybridized carbons (Fsp3) is 0.611. The Hall–Kier alpha value is -1.39. The lowest BCUT2D eigenvalue weighted by Gasteiger charge is -2.34. The smallest absolute Gasteiger partial charge is 0.242 e. The van der Waals surface area contributed by atoms with Crippen LogP contribution in [0, 0.1) is 0 Å². The minimum absolute atomic E-state index is 0.121. The van der Waals surface area contributed by atoms with Crippen LogP contribution in [-0.4, -0.2) is 42.5 Å². The van der Waals surface area contributed by atoms with Gasteiger partial charge in [0.1, 0.15) is 6.04 Å². The van der Waals surface area contributed by atoms with Crippen LogP contribution >= 0.6 is 0 Å². The van der Waals surface area contributed by atoms with Crippen LogP contribution in [0.15, 0.2) is 30.3 Å². The van der Waals surface area contributed by atoms with Crippen LogP contribution in [0.2, 0.25) is 0 Å². The maximum atomic E-state index is 12.9. The van der Waals surface area contributed by atoms with Crippen molar-refractivity contribution in [2.45, 2.75) is 51.7 Å². The average Bonchev–Trinajstić information content (AvgIpc) is 2.55. The van der Waals surface area contributed by atoms with Crippen molar-refractivity contribution in [3.05, 3.63) is 35.9 Å². The Labute approximate surface area is 134 Å². The molecule has 0 bridgehead atoms. The lowest BCUT2D eigenvalue weighted by Crippen LogP contribution is -2.54. The summed E-state index contributed by atoms with van der Waals surface area (Å²) in [5.41, 5.74) is 1.07. The van der Waals surface area contributed by atoms with Gasteiger partial charge in [0.05, 0.1) is 0 Å². The molecule has 0 radical (unpaired) electrons. The molecule has 0 saturated carbocycles. The van der Waals surface area contributed by atoms with E-state index in [1.54, 1.807) is 0 Å². The Morgan fingerprint density at radius 3 is 2.59 bits per heavy atom. The number of rotatable bonds is 6. The van der Waals surface area contributed by atoms with Crippen LogP contribution in [-0.2, 0) is 4.79 Å². The van der Waals surface area contributed by atoms with E-state index in [-0.39, 0.29) is 18.0 Å². The number of nitrogens with zero attached hydrogens (tertiary/aromatic N) is 1. The van der Waals surface area contributed by atoms with Gasteiger partial charge in [-0.2, -0.15) is 0 Å². The first-order valence-corrected chi connectivity index (χ1v) is 8.50. The number of likely N-dealkylation sites (N-methyl/N-ethyl adjacent to an activating group) is 1. The van der Waals surface area contributed by atoms with Crippen molar-refractivity contribution >= 4 is 5.91 Å². The third-order valence-electron chi connectivity index (χ3n) is 4.63. The Morgan fingerprint density at radius 1 is 1.32 bits per heavy atom. The second-order valence-electron chi connectivity index (χ2n) is 6.03. The molecule has 122 valence electrons. The molecule has 1 saturated heterocycles. The molecule has 4 heteroatoms.